The van der Waals surface area contributed by atoms with E-state index in [1.165, 1.54) is 11.8 Å². The Morgan fingerprint density at radius 1 is 0.959 bits per heavy atom. The third kappa shape index (κ3) is 8.99. The highest BCUT2D eigenvalue weighted by atomic mass is 16.3. The number of aryl methyl sites for hydroxylation is 3. The Hall–Kier alpha value is -5.29. The molecular formula is C38H44N6O5. The molecule has 1 aromatic heterocycles. The molecule has 4 aromatic rings. The lowest BCUT2D eigenvalue weighted by Crippen LogP contribution is -2.56. The number of fused-ring (bicyclic) bond motifs is 2. The van der Waals surface area contributed by atoms with Gasteiger partial charge in [0.2, 0.25) is 17.7 Å². The van der Waals surface area contributed by atoms with Crippen LogP contribution in [0.25, 0.3) is 22.5 Å². The molecule has 0 fully saturated rings. The molecule has 4 amide bonds. The molecule has 0 saturated heterocycles. The highest BCUT2D eigenvalue weighted by Crippen LogP contribution is 2.31. The minimum atomic E-state index is -1.22. The molecule has 2 bridgehead atoms. The van der Waals surface area contributed by atoms with Crippen molar-refractivity contribution in [1.29, 1.82) is 0 Å². The second-order valence-corrected chi connectivity index (χ2v) is 12.6. The van der Waals surface area contributed by atoms with Crippen LogP contribution in [0.2, 0.25) is 0 Å². The standard InChI is InChI=1S/C38H44N6O5/c1-25-16-17-31-21-30(25)15-10-19-39-32(46)23-44(22-26(2)41-38(49)34(27(3)45)42-37(31)48)33(47)18-20-43-24-40-35(28-11-6-4-7-12-28)36(43)29-13-8-5-9-14-29/h4-9,11-14,16-17,21,24,26-27,34,45H,10,15,18-20,22-23H2,1-3H3,(H,39,46)(H,41,49)(H,42,48)/t26-,27-,34+/m1/s1. The smallest absolute Gasteiger partial charge is 0.252 e. The van der Waals surface area contributed by atoms with Gasteiger partial charge in [0.05, 0.1) is 30.4 Å². The number of carbonyl (C=O) groups excluding carboxylic acids is 4. The third-order valence-corrected chi connectivity index (χ3v) is 8.68. The van der Waals surface area contributed by atoms with Gasteiger partial charge in [-0.1, -0.05) is 66.7 Å². The quantitative estimate of drug-likeness (QED) is 0.248. The molecule has 49 heavy (non-hydrogen) atoms. The van der Waals surface area contributed by atoms with Crippen LogP contribution in [0.3, 0.4) is 0 Å². The first kappa shape index (κ1) is 35.0. The van der Waals surface area contributed by atoms with Gasteiger partial charge in [-0.15, -0.1) is 0 Å². The molecule has 256 valence electrons. The number of imidazole rings is 1. The summed E-state index contributed by atoms with van der Waals surface area (Å²) in [5, 5.41) is 18.8. The van der Waals surface area contributed by atoms with Crippen molar-refractivity contribution in [3.63, 3.8) is 0 Å². The van der Waals surface area contributed by atoms with Crippen LogP contribution in [0.15, 0.2) is 85.2 Å². The lowest BCUT2D eigenvalue weighted by atomic mass is 10.00. The summed E-state index contributed by atoms with van der Waals surface area (Å²) in [5.41, 5.74) is 5.93. The van der Waals surface area contributed by atoms with Gasteiger partial charge in [0.25, 0.3) is 5.91 Å². The van der Waals surface area contributed by atoms with Gasteiger partial charge in [-0.2, -0.15) is 0 Å². The third-order valence-electron chi connectivity index (χ3n) is 8.68. The van der Waals surface area contributed by atoms with Crippen molar-refractivity contribution in [3.05, 3.63) is 102 Å². The van der Waals surface area contributed by atoms with Crippen LogP contribution >= 0.6 is 0 Å². The lowest BCUT2D eigenvalue weighted by Gasteiger charge is -2.28. The highest BCUT2D eigenvalue weighted by molar-refractivity contribution is 5.98. The summed E-state index contributed by atoms with van der Waals surface area (Å²) in [5.74, 6) is -1.65. The Balaban J connectivity index is 1.36. The van der Waals surface area contributed by atoms with E-state index in [2.05, 4.69) is 16.0 Å². The van der Waals surface area contributed by atoms with Gasteiger partial charge >= 0.3 is 0 Å². The number of aliphatic hydroxyl groups is 1. The number of benzene rings is 3. The van der Waals surface area contributed by atoms with E-state index in [-0.39, 0.29) is 31.3 Å². The number of hydrogen-bond acceptors (Lipinski definition) is 6. The van der Waals surface area contributed by atoms with Crippen LogP contribution in [0.5, 0.6) is 0 Å². The van der Waals surface area contributed by atoms with Gasteiger partial charge in [-0.3, -0.25) is 19.2 Å². The first-order chi connectivity index (χ1) is 23.6. The first-order valence-electron chi connectivity index (χ1n) is 16.7. The predicted octanol–water partition coefficient (Wildman–Crippen LogP) is 3.49. The molecule has 0 saturated carbocycles. The number of aromatic nitrogens is 2. The molecular weight excluding hydrogens is 620 g/mol. The summed E-state index contributed by atoms with van der Waals surface area (Å²) in [6, 6.07) is 23.2. The zero-order valence-corrected chi connectivity index (χ0v) is 28.2. The van der Waals surface area contributed by atoms with Crippen LogP contribution in [0.4, 0.5) is 0 Å². The molecule has 11 nitrogen and oxygen atoms in total. The zero-order valence-electron chi connectivity index (χ0n) is 28.2. The van der Waals surface area contributed by atoms with Gasteiger partial charge in [-0.25, -0.2) is 4.98 Å². The van der Waals surface area contributed by atoms with Crippen molar-refractivity contribution in [2.24, 2.45) is 0 Å². The van der Waals surface area contributed by atoms with Crippen molar-refractivity contribution in [3.8, 4) is 22.5 Å². The van der Waals surface area contributed by atoms with E-state index in [0.717, 1.165) is 33.6 Å². The molecule has 5 rings (SSSR count). The Morgan fingerprint density at radius 2 is 1.65 bits per heavy atom. The largest absolute Gasteiger partial charge is 0.391 e. The maximum Gasteiger partial charge on any atom is 0.252 e. The minimum Gasteiger partial charge on any atom is -0.391 e. The van der Waals surface area contributed by atoms with E-state index in [4.69, 9.17) is 4.98 Å². The Labute approximate surface area is 286 Å². The van der Waals surface area contributed by atoms with Gasteiger partial charge in [0.15, 0.2) is 0 Å². The van der Waals surface area contributed by atoms with Gasteiger partial charge in [0.1, 0.15) is 6.04 Å². The second kappa shape index (κ2) is 16.2. The number of amides is 4. The zero-order chi connectivity index (χ0) is 34.9. The number of hydrogen-bond donors (Lipinski definition) is 4. The Morgan fingerprint density at radius 3 is 2.35 bits per heavy atom. The van der Waals surface area contributed by atoms with Crippen molar-refractivity contribution in [2.45, 2.75) is 64.8 Å². The molecule has 4 N–H and O–H groups in total. The average molecular weight is 665 g/mol. The SMILES string of the molecule is Cc1ccc2cc1CCCNC(=O)CN(C(=O)CCn1cnc(-c3ccccc3)c1-c1ccccc1)C[C@@H](C)NC(=O)[C@H]([C@@H](C)O)NC2=O. The van der Waals surface area contributed by atoms with Crippen molar-refractivity contribution in [2.75, 3.05) is 19.6 Å². The summed E-state index contributed by atoms with van der Waals surface area (Å²) in [6.07, 6.45) is 1.88. The fraction of sp³-hybridized carbons (Fsp3) is 0.342. The summed E-state index contributed by atoms with van der Waals surface area (Å²) in [7, 11) is 0. The number of nitrogens with zero attached hydrogens (tertiary/aromatic N) is 3. The summed E-state index contributed by atoms with van der Waals surface area (Å²) in [4.78, 5) is 59.5. The average Bonchev–Trinajstić information content (AvgIpc) is 3.52. The van der Waals surface area contributed by atoms with Gasteiger partial charge < -0.3 is 30.5 Å². The number of carbonyl (C=O) groups is 4. The molecule has 11 heteroatoms. The van der Waals surface area contributed by atoms with Crippen molar-refractivity contribution in [1.82, 2.24) is 30.4 Å². The number of aliphatic hydroxyl groups excluding tert-OH is 1. The monoisotopic (exact) mass is 664 g/mol. The lowest BCUT2D eigenvalue weighted by molar-refractivity contribution is -0.137. The molecule has 0 spiro atoms. The van der Waals surface area contributed by atoms with E-state index in [1.807, 2.05) is 78.2 Å². The fourth-order valence-corrected chi connectivity index (χ4v) is 6.04. The molecule has 0 unspecified atom stereocenters. The van der Waals surface area contributed by atoms with Crippen LogP contribution in [-0.4, -0.2) is 81.0 Å². The maximum absolute atomic E-state index is 13.8. The second-order valence-electron chi connectivity index (χ2n) is 12.6. The van der Waals surface area contributed by atoms with Crippen LogP contribution in [-0.2, 0) is 27.3 Å². The topological polar surface area (TPSA) is 146 Å². The molecule has 2 heterocycles. The van der Waals surface area contributed by atoms with Crippen LogP contribution < -0.4 is 16.0 Å². The summed E-state index contributed by atoms with van der Waals surface area (Å²) >= 11 is 0. The van der Waals surface area contributed by atoms with Gasteiger partial charge in [-0.05, 0) is 56.9 Å². The molecule has 3 atom stereocenters. The van der Waals surface area contributed by atoms with E-state index in [0.29, 0.717) is 31.5 Å². The summed E-state index contributed by atoms with van der Waals surface area (Å²) < 4.78 is 1.95. The molecule has 0 radical (unpaired) electrons. The first-order valence-corrected chi connectivity index (χ1v) is 16.7. The molecule has 1 aliphatic heterocycles. The maximum atomic E-state index is 13.8. The molecule has 3 aromatic carbocycles. The molecule has 0 aliphatic carbocycles. The van der Waals surface area contributed by atoms with E-state index in [1.54, 1.807) is 25.4 Å². The fourth-order valence-electron chi connectivity index (χ4n) is 6.04. The van der Waals surface area contributed by atoms with Crippen LogP contribution in [0.1, 0.15) is 48.2 Å². The minimum absolute atomic E-state index is 0.0448. The Bertz CT molecular complexity index is 1770. The Kier molecular flexibility index (Phi) is 11.6. The number of rotatable bonds is 6. The highest BCUT2D eigenvalue weighted by Gasteiger charge is 2.29. The van der Waals surface area contributed by atoms with Crippen LogP contribution in [0, 0.1) is 6.92 Å². The number of nitrogens with one attached hydrogen (secondary N) is 3. The van der Waals surface area contributed by atoms with E-state index < -0.39 is 30.0 Å². The predicted molar refractivity (Wildman–Crippen MR) is 187 cm³/mol. The van der Waals surface area contributed by atoms with E-state index >= 15 is 0 Å². The summed E-state index contributed by atoms with van der Waals surface area (Å²) in [6.45, 7) is 5.66. The normalized spacial score (nSPS) is 18.5. The molecule has 1 aliphatic rings. The van der Waals surface area contributed by atoms with Crippen molar-refractivity contribution < 1.29 is 24.3 Å². The van der Waals surface area contributed by atoms with Gasteiger partial charge in [0, 0.05) is 48.8 Å². The van der Waals surface area contributed by atoms with E-state index in [9.17, 15) is 24.3 Å². The van der Waals surface area contributed by atoms with Crippen molar-refractivity contribution >= 4 is 23.6 Å².